The number of benzene rings is 2. The zero-order chi connectivity index (χ0) is 35.8. The minimum absolute atomic E-state index is 0.196. The first-order valence-corrected chi connectivity index (χ1v) is 19.1. The molecule has 0 bridgehead atoms. The predicted octanol–water partition coefficient (Wildman–Crippen LogP) is 5.65. The molecule has 4 N–H and O–H groups in total. The molecule has 0 amide bonds. The van der Waals surface area contributed by atoms with Gasteiger partial charge in [0.2, 0.25) is 24.9 Å². The van der Waals surface area contributed by atoms with E-state index in [1.165, 1.54) is 55.5 Å². The molecule has 0 fully saturated rings. The van der Waals surface area contributed by atoms with Crippen LogP contribution in [0.25, 0.3) is 22.5 Å². The van der Waals surface area contributed by atoms with Gasteiger partial charge in [-0.05, 0) is 74.2 Å². The largest absolute Gasteiger partial charge is 0.392 e. The van der Waals surface area contributed by atoms with E-state index in [1.807, 2.05) is 13.8 Å². The summed E-state index contributed by atoms with van der Waals surface area (Å²) in [6.07, 6.45) is 0. The third-order valence-electron chi connectivity index (χ3n) is 7.88. The van der Waals surface area contributed by atoms with E-state index in [1.54, 1.807) is 13.8 Å². The number of nitrogens with zero attached hydrogens (tertiary/aromatic N) is 4. The number of nitrogens with two attached hydrogens (primary N) is 1. The molecular formula is C32H37BrF2N6O5S2. The predicted molar refractivity (Wildman–Crippen MR) is 183 cm³/mol. The van der Waals surface area contributed by atoms with Crippen molar-refractivity contribution in [1.82, 2.24) is 24.7 Å². The van der Waals surface area contributed by atoms with Crippen molar-refractivity contribution in [2.45, 2.75) is 75.4 Å². The summed E-state index contributed by atoms with van der Waals surface area (Å²) >= 11 is 3.44. The first-order valence-electron chi connectivity index (χ1n) is 14.9. The molecule has 4 aromatic rings. The molecule has 2 aromatic carbocycles. The number of sulfonamides is 2. The molecule has 0 saturated carbocycles. The second kappa shape index (κ2) is 14.3. The highest BCUT2D eigenvalue weighted by molar-refractivity contribution is 9.08. The zero-order valence-corrected chi connectivity index (χ0v) is 30.4. The Kier molecular flexibility index (Phi) is 11.2. The van der Waals surface area contributed by atoms with Crippen LogP contribution in [0.1, 0.15) is 92.8 Å². The zero-order valence-electron chi connectivity index (χ0n) is 27.2. The van der Waals surface area contributed by atoms with Crippen molar-refractivity contribution >= 4 is 36.0 Å². The Balaban J connectivity index is 1.91. The van der Waals surface area contributed by atoms with E-state index in [4.69, 9.17) is 5.14 Å². The van der Waals surface area contributed by atoms with Crippen LogP contribution in [0.3, 0.4) is 0 Å². The van der Waals surface area contributed by atoms with E-state index >= 15 is 0 Å². The van der Waals surface area contributed by atoms with Crippen LogP contribution in [-0.4, -0.2) is 41.9 Å². The number of halogens is 3. The van der Waals surface area contributed by atoms with Gasteiger partial charge in [-0.15, -0.1) is 0 Å². The van der Waals surface area contributed by atoms with Crippen LogP contribution >= 0.6 is 15.9 Å². The van der Waals surface area contributed by atoms with Gasteiger partial charge in [0.1, 0.15) is 22.7 Å². The van der Waals surface area contributed by atoms with Gasteiger partial charge in [0.25, 0.3) is 0 Å². The molecule has 2 heterocycles. The molecule has 258 valence electrons. The molecule has 0 spiro atoms. The first-order chi connectivity index (χ1) is 22.3. The topological polar surface area (TPSA) is 178 Å². The smallest absolute Gasteiger partial charge is 0.236 e. The van der Waals surface area contributed by atoms with Crippen LogP contribution in [0.2, 0.25) is 0 Å². The molecular weight excluding hydrogens is 730 g/mol. The third kappa shape index (κ3) is 7.48. The van der Waals surface area contributed by atoms with E-state index < -0.39 is 54.2 Å². The quantitative estimate of drug-likeness (QED) is 0.154. The average molecular weight is 768 g/mol. The van der Waals surface area contributed by atoms with Crippen molar-refractivity contribution in [2.75, 3.05) is 0 Å². The number of hydrogen-bond donors (Lipinski definition) is 3. The van der Waals surface area contributed by atoms with Crippen LogP contribution in [0.15, 0.2) is 48.5 Å². The number of rotatable bonds is 12. The van der Waals surface area contributed by atoms with Crippen molar-refractivity contribution in [3.8, 4) is 22.5 Å². The molecule has 16 heteroatoms. The Hall–Kier alpha value is -3.28. The normalized spacial score (nSPS) is 14.4. The fourth-order valence-electron chi connectivity index (χ4n) is 5.08. The molecule has 4 rings (SSSR count). The standard InChI is InChI=1S/C32H37BrF2N6O5S2/c1-17(2)26-24(15-33)28(20-7-11-22(34)12-8-20)40-31(39-26)32(6,48(36,45)46)41-47(43,44)19(5)30-37-27(18(3)4)25(16-42)29(38-30)21-9-13-23(35)14-10-21/h7-14,17-19,41-42H,15-16H2,1-6H3,(H2,36,45,46). The lowest BCUT2D eigenvalue weighted by atomic mass is 9.98. The number of aliphatic hydroxyl groups is 1. The highest BCUT2D eigenvalue weighted by atomic mass is 79.9. The van der Waals surface area contributed by atoms with Crippen molar-refractivity contribution < 1.29 is 30.7 Å². The molecule has 0 aliphatic carbocycles. The highest BCUT2D eigenvalue weighted by Crippen LogP contribution is 2.36. The van der Waals surface area contributed by atoms with E-state index in [-0.39, 0.29) is 34.4 Å². The van der Waals surface area contributed by atoms with Crippen LogP contribution in [0.4, 0.5) is 8.78 Å². The van der Waals surface area contributed by atoms with Crippen LogP contribution in [0, 0.1) is 11.6 Å². The highest BCUT2D eigenvalue weighted by Gasteiger charge is 2.47. The van der Waals surface area contributed by atoms with Gasteiger partial charge in [-0.2, -0.15) is 4.72 Å². The lowest BCUT2D eigenvalue weighted by Crippen LogP contribution is -2.54. The van der Waals surface area contributed by atoms with Gasteiger partial charge < -0.3 is 5.11 Å². The van der Waals surface area contributed by atoms with E-state index in [2.05, 4.69) is 40.6 Å². The molecule has 48 heavy (non-hydrogen) atoms. The van der Waals surface area contributed by atoms with Gasteiger partial charge in [0.05, 0.1) is 29.4 Å². The minimum atomic E-state index is -4.82. The first kappa shape index (κ1) is 37.5. The summed E-state index contributed by atoms with van der Waals surface area (Å²) in [5.74, 6) is -2.20. The summed E-state index contributed by atoms with van der Waals surface area (Å²) in [7, 11) is -9.52. The number of primary sulfonamides is 1. The van der Waals surface area contributed by atoms with E-state index in [0.29, 0.717) is 33.6 Å². The average Bonchev–Trinajstić information content (AvgIpc) is 3.02. The fraction of sp³-hybridized carbons (Fsp3) is 0.375. The second-order valence-corrected chi connectivity index (χ2v) is 16.5. The monoisotopic (exact) mass is 766 g/mol. The van der Waals surface area contributed by atoms with Gasteiger partial charge in [-0.1, -0.05) is 43.6 Å². The van der Waals surface area contributed by atoms with Gasteiger partial charge >= 0.3 is 0 Å². The third-order valence-corrected chi connectivity index (χ3v) is 11.8. The van der Waals surface area contributed by atoms with Gasteiger partial charge in [-0.3, -0.25) is 0 Å². The van der Waals surface area contributed by atoms with Crippen molar-refractivity contribution in [2.24, 2.45) is 5.14 Å². The Morgan fingerprint density at radius 2 is 1.25 bits per heavy atom. The fourth-order valence-corrected chi connectivity index (χ4v) is 7.99. The Morgan fingerprint density at radius 3 is 1.67 bits per heavy atom. The summed E-state index contributed by atoms with van der Waals surface area (Å²) < 4.78 is 84.7. The number of aromatic nitrogens is 4. The Labute approximate surface area is 287 Å². The van der Waals surface area contributed by atoms with Crippen LogP contribution in [0.5, 0.6) is 0 Å². The lowest BCUT2D eigenvalue weighted by Gasteiger charge is -2.30. The Morgan fingerprint density at radius 1 is 0.792 bits per heavy atom. The maximum Gasteiger partial charge on any atom is 0.236 e. The van der Waals surface area contributed by atoms with Gasteiger partial charge in [-0.25, -0.2) is 50.7 Å². The summed E-state index contributed by atoms with van der Waals surface area (Å²) in [6.45, 7) is 9.10. The molecule has 0 radical (unpaired) electrons. The molecule has 0 aliphatic heterocycles. The van der Waals surface area contributed by atoms with Gasteiger partial charge in [0, 0.05) is 27.6 Å². The molecule has 0 saturated heterocycles. The van der Waals surface area contributed by atoms with E-state index in [9.17, 15) is 30.7 Å². The van der Waals surface area contributed by atoms with E-state index in [0.717, 1.165) is 6.92 Å². The SMILES string of the molecule is CC(C)c1nc(C(C)S(=O)(=O)NC(C)(c2nc(-c3ccc(F)cc3)c(CBr)c(C(C)C)n2)S(N)(=O)=O)nc(-c2ccc(F)cc2)c1CO. The second-order valence-electron chi connectivity index (χ2n) is 12.0. The van der Waals surface area contributed by atoms with Crippen LogP contribution < -0.4 is 9.86 Å². The molecule has 2 aromatic heterocycles. The number of nitrogens with one attached hydrogen (secondary N) is 1. The minimum Gasteiger partial charge on any atom is -0.392 e. The molecule has 2 unspecified atom stereocenters. The lowest BCUT2D eigenvalue weighted by molar-refractivity contribution is 0.279. The van der Waals surface area contributed by atoms with Crippen LogP contribution in [-0.2, 0) is 36.9 Å². The number of alkyl halides is 1. The summed E-state index contributed by atoms with van der Waals surface area (Å²) in [5, 5.41) is 14.7. The Bertz CT molecular complexity index is 2030. The number of aliphatic hydroxyl groups excluding tert-OH is 1. The summed E-state index contributed by atoms with van der Waals surface area (Å²) in [5.41, 5.74) is 3.02. The van der Waals surface area contributed by atoms with Gasteiger partial charge in [0.15, 0.2) is 5.82 Å². The summed E-state index contributed by atoms with van der Waals surface area (Å²) in [4.78, 5) is 15.4. The molecule has 0 aliphatic rings. The van der Waals surface area contributed by atoms with Crippen molar-refractivity contribution in [3.05, 3.63) is 94.3 Å². The maximum atomic E-state index is 14.1. The number of hydrogen-bond acceptors (Lipinski definition) is 9. The van der Waals surface area contributed by atoms with Crippen molar-refractivity contribution in [3.63, 3.8) is 0 Å². The molecule has 11 nitrogen and oxygen atoms in total. The summed E-state index contributed by atoms with van der Waals surface area (Å²) in [6, 6.07) is 10.7. The van der Waals surface area contributed by atoms with Crippen molar-refractivity contribution in [1.29, 1.82) is 0 Å². The maximum absolute atomic E-state index is 14.1. The molecule has 2 atom stereocenters.